The number of nitrogens with zero attached hydrogens (tertiary/aromatic N) is 2. The van der Waals surface area contributed by atoms with Crippen LogP contribution in [0.2, 0.25) is 0 Å². The van der Waals surface area contributed by atoms with Gasteiger partial charge in [0, 0.05) is 39.5 Å². The zero-order chi connectivity index (χ0) is 24.0. The predicted molar refractivity (Wildman–Crippen MR) is 135 cm³/mol. The molecule has 0 radical (unpaired) electrons. The average Bonchev–Trinajstić information content (AvgIpc) is 3.33. The van der Waals surface area contributed by atoms with Crippen LogP contribution >= 0.6 is 27.3 Å². The molecule has 1 aromatic carbocycles. The summed E-state index contributed by atoms with van der Waals surface area (Å²) in [6, 6.07) is 5.40. The van der Waals surface area contributed by atoms with Crippen LogP contribution in [0.25, 0.3) is 6.08 Å². The van der Waals surface area contributed by atoms with Crippen LogP contribution in [0.3, 0.4) is 0 Å². The number of phenolic OH excluding ortho intramolecular Hbond substituents is 1. The van der Waals surface area contributed by atoms with E-state index in [2.05, 4.69) is 27.9 Å². The monoisotopic (exact) mass is 544 g/mol. The summed E-state index contributed by atoms with van der Waals surface area (Å²) >= 11 is 5.03. The molecule has 6 nitrogen and oxygen atoms in total. The van der Waals surface area contributed by atoms with Crippen LogP contribution < -0.4 is 4.74 Å². The summed E-state index contributed by atoms with van der Waals surface area (Å²) in [5.74, 6) is 0.509. The van der Waals surface area contributed by atoms with E-state index in [0.29, 0.717) is 25.0 Å². The molecule has 2 fully saturated rings. The van der Waals surface area contributed by atoms with Gasteiger partial charge in [0.05, 0.1) is 17.1 Å². The number of phenols is 1. The molecule has 34 heavy (non-hydrogen) atoms. The van der Waals surface area contributed by atoms with E-state index >= 15 is 0 Å². The molecule has 1 saturated carbocycles. The number of halogens is 1. The van der Waals surface area contributed by atoms with Gasteiger partial charge in [0.15, 0.2) is 11.5 Å². The Hall–Kier alpha value is -1.87. The second-order valence-electron chi connectivity index (χ2n) is 10.4. The average molecular weight is 545 g/mol. The molecule has 8 heteroatoms. The van der Waals surface area contributed by atoms with Gasteiger partial charge >= 0.3 is 0 Å². The molecular weight excluding hydrogens is 516 g/mol. The van der Waals surface area contributed by atoms with Gasteiger partial charge in [-0.05, 0) is 85.9 Å². The van der Waals surface area contributed by atoms with Gasteiger partial charge in [-0.2, -0.15) is 0 Å². The molecule has 2 aromatic rings. The molecule has 6 rings (SSSR count). The summed E-state index contributed by atoms with van der Waals surface area (Å²) in [5.41, 5.74) is -0.430. The fourth-order valence-electron chi connectivity index (χ4n) is 7.59. The highest BCUT2D eigenvalue weighted by Crippen LogP contribution is 2.69. The number of carbonyl (C=O) groups excluding carboxylic acids is 1. The number of piperidine rings is 1. The van der Waals surface area contributed by atoms with E-state index in [1.165, 1.54) is 0 Å². The van der Waals surface area contributed by atoms with E-state index in [9.17, 15) is 15.0 Å². The van der Waals surface area contributed by atoms with E-state index in [0.717, 1.165) is 33.4 Å². The number of likely N-dealkylation sites (tertiary alicyclic amines) is 1. The van der Waals surface area contributed by atoms with Crippen LogP contribution in [0.4, 0.5) is 0 Å². The molecular formula is C26H29BrN2O4S. The smallest absolute Gasteiger partial charge is 0.246 e. The lowest BCUT2D eigenvalue weighted by molar-refractivity contribution is -0.226. The minimum Gasteiger partial charge on any atom is -0.504 e. The highest BCUT2D eigenvalue weighted by molar-refractivity contribution is 9.10. The molecule has 2 N–H and O–H groups in total. The number of hydrogen-bond donors (Lipinski definition) is 2. The number of thiophene rings is 1. The predicted octanol–water partition coefficient (Wildman–Crippen LogP) is 3.93. The van der Waals surface area contributed by atoms with Gasteiger partial charge in [0.2, 0.25) is 5.91 Å². The molecule has 1 aromatic heterocycles. The summed E-state index contributed by atoms with van der Waals surface area (Å²) in [4.78, 5) is 18.4. The van der Waals surface area contributed by atoms with Crippen molar-refractivity contribution in [1.82, 2.24) is 9.80 Å². The normalized spacial score (nSPS) is 35.8. The van der Waals surface area contributed by atoms with Crippen molar-refractivity contribution in [3.63, 3.8) is 0 Å². The zero-order valence-corrected chi connectivity index (χ0v) is 21.9. The fourth-order valence-corrected chi connectivity index (χ4v) is 8.92. The van der Waals surface area contributed by atoms with Gasteiger partial charge in [0.25, 0.3) is 0 Å². The third-order valence-electron chi connectivity index (χ3n) is 9.11. The number of ether oxygens (including phenoxy) is 1. The second-order valence-corrected chi connectivity index (χ2v) is 12.3. The Morgan fingerprint density at radius 1 is 1.38 bits per heavy atom. The molecule has 2 bridgehead atoms. The lowest BCUT2D eigenvalue weighted by Crippen LogP contribution is -2.81. The largest absolute Gasteiger partial charge is 0.504 e. The van der Waals surface area contributed by atoms with Gasteiger partial charge in [-0.15, -0.1) is 11.3 Å². The Balaban J connectivity index is 1.44. The summed E-state index contributed by atoms with van der Waals surface area (Å²) in [5, 5.41) is 25.2. The Labute approximate surface area is 212 Å². The van der Waals surface area contributed by atoms with Crippen LogP contribution in [0.5, 0.6) is 11.5 Å². The number of benzene rings is 1. The number of amides is 1. The lowest BCUT2D eigenvalue weighted by Gasteiger charge is -2.67. The van der Waals surface area contributed by atoms with E-state index in [4.69, 9.17) is 4.74 Å². The Bertz CT molecular complexity index is 1230. The summed E-state index contributed by atoms with van der Waals surface area (Å²) in [6.45, 7) is 2.88. The number of aliphatic hydroxyl groups is 1. The number of rotatable bonds is 3. The van der Waals surface area contributed by atoms with Crippen molar-refractivity contribution >= 4 is 39.2 Å². The second kappa shape index (κ2) is 7.32. The van der Waals surface area contributed by atoms with Crippen LogP contribution in [-0.4, -0.2) is 69.8 Å². The maximum Gasteiger partial charge on any atom is 0.246 e. The first-order valence-corrected chi connectivity index (χ1v) is 13.5. The molecule has 3 heterocycles. The summed E-state index contributed by atoms with van der Waals surface area (Å²) in [6.07, 6.45) is 6.12. The van der Waals surface area contributed by atoms with Crippen molar-refractivity contribution in [1.29, 1.82) is 0 Å². The van der Waals surface area contributed by atoms with Crippen molar-refractivity contribution < 1.29 is 19.7 Å². The third-order valence-corrected chi connectivity index (χ3v) is 10.8. The van der Waals surface area contributed by atoms with Gasteiger partial charge in [-0.1, -0.05) is 6.07 Å². The van der Waals surface area contributed by atoms with Crippen molar-refractivity contribution in [3.05, 3.63) is 50.1 Å². The van der Waals surface area contributed by atoms with Gasteiger partial charge < -0.3 is 24.7 Å². The number of carbonyl (C=O) groups is 1. The van der Waals surface area contributed by atoms with Crippen LogP contribution in [0.1, 0.15) is 42.2 Å². The van der Waals surface area contributed by atoms with Gasteiger partial charge in [0.1, 0.15) is 5.60 Å². The first kappa shape index (κ1) is 22.6. The summed E-state index contributed by atoms with van der Waals surface area (Å²) < 4.78 is 7.69. The molecule has 1 spiro atoms. The maximum atomic E-state index is 13.3. The molecule has 1 saturated heterocycles. The third kappa shape index (κ3) is 2.66. The topological polar surface area (TPSA) is 73.2 Å². The van der Waals surface area contributed by atoms with E-state index in [1.54, 1.807) is 28.4 Å². The Morgan fingerprint density at radius 3 is 2.91 bits per heavy atom. The van der Waals surface area contributed by atoms with Gasteiger partial charge in [-0.25, -0.2) is 0 Å². The Kier molecular flexibility index (Phi) is 4.86. The number of hydrogen-bond acceptors (Lipinski definition) is 6. The van der Waals surface area contributed by atoms with E-state index in [-0.39, 0.29) is 23.7 Å². The zero-order valence-electron chi connectivity index (χ0n) is 19.5. The fraction of sp³-hybridized carbons (Fsp3) is 0.500. The quantitative estimate of drug-likeness (QED) is 0.572. The maximum absolute atomic E-state index is 13.3. The molecule has 2 aliphatic carbocycles. The standard InChI is InChI=1S/C26H29BrN2O4S/c1-24-19(29(3)21(31)7-5-17-13-16(27)14-34-17)8-9-26(32)20-12-15-4-6-18(30)23(33-24)22(15)25(24,26)10-11-28(20)2/h4-7,13-14,19-20,30,32H,8-12H2,1-3H3/b7-5+/t19-,20+,24-,25-,26+/m0/s1. The van der Waals surface area contributed by atoms with Crippen molar-refractivity contribution in [3.8, 4) is 11.5 Å². The molecule has 180 valence electrons. The minimum atomic E-state index is -0.986. The molecule has 5 atom stereocenters. The minimum absolute atomic E-state index is 0.0219. The van der Waals surface area contributed by atoms with Crippen LogP contribution in [0, 0.1) is 0 Å². The Morgan fingerprint density at radius 2 is 2.18 bits per heavy atom. The van der Waals surface area contributed by atoms with Crippen molar-refractivity contribution in [2.75, 3.05) is 20.6 Å². The van der Waals surface area contributed by atoms with Crippen molar-refractivity contribution in [2.45, 2.75) is 61.3 Å². The molecule has 0 unspecified atom stereocenters. The lowest BCUT2D eigenvalue weighted by atomic mass is 9.44. The summed E-state index contributed by atoms with van der Waals surface area (Å²) in [7, 11) is 3.92. The van der Waals surface area contributed by atoms with Crippen LogP contribution in [-0.2, 0) is 16.6 Å². The molecule has 2 aliphatic heterocycles. The first-order valence-electron chi connectivity index (χ1n) is 11.8. The van der Waals surface area contributed by atoms with Crippen molar-refractivity contribution in [2.24, 2.45) is 0 Å². The molecule has 4 aliphatic rings. The first-order chi connectivity index (χ1) is 16.1. The van der Waals surface area contributed by atoms with E-state index < -0.39 is 16.6 Å². The van der Waals surface area contributed by atoms with Gasteiger partial charge in [-0.3, -0.25) is 4.79 Å². The highest BCUT2D eigenvalue weighted by atomic mass is 79.9. The highest BCUT2D eigenvalue weighted by Gasteiger charge is 2.77. The van der Waals surface area contributed by atoms with E-state index in [1.807, 2.05) is 37.6 Å². The SMILES string of the molecule is CN1CC[C@]23c4c5ccc(O)c4O[C@@]2(C)[C@@H](N(C)C(=O)/C=C/c2cc(Br)cs2)CC[C@@]3(O)[C@H]1C5. The number of likely N-dealkylation sites (N-methyl/N-ethyl adjacent to an activating group) is 2. The number of aromatic hydroxyl groups is 1. The molecule has 1 amide bonds. The van der Waals surface area contributed by atoms with Crippen LogP contribution in [0.15, 0.2) is 34.1 Å².